The number of amides is 1. The van der Waals surface area contributed by atoms with E-state index in [4.69, 9.17) is 5.26 Å². The molecule has 0 bridgehead atoms. The number of aryl methyl sites for hydroxylation is 1. The van der Waals surface area contributed by atoms with E-state index in [0.717, 1.165) is 36.7 Å². The molecule has 1 aliphatic carbocycles. The Bertz CT molecular complexity index is 815. The van der Waals surface area contributed by atoms with E-state index in [2.05, 4.69) is 0 Å². The molecule has 1 aromatic heterocycles. The van der Waals surface area contributed by atoms with Gasteiger partial charge in [-0.05, 0) is 38.5 Å². The molecule has 0 unspecified atom stereocenters. The Morgan fingerprint density at radius 2 is 1.96 bits per heavy atom. The summed E-state index contributed by atoms with van der Waals surface area (Å²) in [6.45, 7) is 2.51. The fourth-order valence-corrected chi connectivity index (χ4v) is 4.26. The van der Waals surface area contributed by atoms with Crippen LogP contribution in [0.25, 0.3) is 0 Å². The molecule has 134 valence electrons. The van der Waals surface area contributed by atoms with E-state index in [1.807, 2.05) is 11.0 Å². The van der Waals surface area contributed by atoms with Gasteiger partial charge in [0.2, 0.25) is 5.91 Å². The number of piperidine rings is 1. The van der Waals surface area contributed by atoms with Gasteiger partial charge in [-0.15, -0.1) is 0 Å². The summed E-state index contributed by atoms with van der Waals surface area (Å²) in [5, 5.41) is 9.12. The molecule has 25 heavy (non-hydrogen) atoms. The first kappa shape index (κ1) is 17.5. The van der Waals surface area contributed by atoms with Gasteiger partial charge >= 0.3 is 5.69 Å². The van der Waals surface area contributed by atoms with Crippen LogP contribution >= 0.6 is 0 Å². The fourth-order valence-electron chi connectivity index (χ4n) is 4.26. The minimum atomic E-state index is -0.678. The maximum Gasteiger partial charge on any atom is 0.331 e. The van der Waals surface area contributed by atoms with Crippen molar-refractivity contribution in [1.82, 2.24) is 14.0 Å². The van der Waals surface area contributed by atoms with Crippen molar-refractivity contribution in [3.05, 3.63) is 32.6 Å². The van der Waals surface area contributed by atoms with Crippen molar-refractivity contribution in [2.24, 2.45) is 5.92 Å². The number of nitriles is 1. The zero-order chi connectivity index (χ0) is 18.0. The van der Waals surface area contributed by atoms with E-state index in [0.29, 0.717) is 19.0 Å². The highest BCUT2D eigenvalue weighted by Crippen LogP contribution is 2.35. The monoisotopic (exact) mass is 344 g/mol. The lowest BCUT2D eigenvalue weighted by molar-refractivity contribution is -0.138. The molecule has 1 saturated heterocycles. The maximum absolute atomic E-state index is 12.9. The third kappa shape index (κ3) is 3.26. The van der Waals surface area contributed by atoms with Crippen LogP contribution in [-0.4, -0.2) is 32.5 Å². The second kappa shape index (κ2) is 7.26. The fraction of sp³-hybridized carbons (Fsp3) is 0.667. The van der Waals surface area contributed by atoms with Crippen molar-refractivity contribution < 1.29 is 4.79 Å². The van der Waals surface area contributed by atoms with E-state index < -0.39 is 11.2 Å². The second-order valence-corrected chi connectivity index (χ2v) is 6.96. The summed E-state index contributed by atoms with van der Waals surface area (Å²) in [7, 11) is 0. The highest BCUT2D eigenvalue weighted by atomic mass is 16.2. The van der Waals surface area contributed by atoms with Crippen molar-refractivity contribution in [3.63, 3.8) is 0 Å². The van der Waals surface area contributed by atoms with Gasteiger partial charge in [0.05, 0.1) is 0 Å². The number of hydrogen-bond acceptors (Lipinski definition) is 4. The molecule has 7 heteroatoms. The number of rotatable bonds is 3. The number of likely N-dealkylation sites (tertiary alicyclic amines) is 1. The summed E-state index contributed by atoms with van der Waals surface area (Å²) >= 11 is 0. The Morgan fingerprint density at radius 1 is 1.24 bits per heavy atom. The standard InChI is InChI=1S/C18H24N4O3/c1-2-20-11-14(10-19)17(24)22(18(20)25)12-16(23)21-9-5-7-13-6-3-4-8-15(13)21/h11,13,15H,2-9,12H2,1H3/t13-,15+/m1/s1. The molecule has 1 aliphatic heterocycles. The smallest absolute Gasteiger partial charge is 0.331 e. The minimum absolute atomic E-state index is 0.108. The van der Waals surface area contributed by atoms with Gasteiger partial charge < -0.3 is 4.90 Å². The van der Waals surface area contributed by atoms with Gasteiger partial charge in [-0.1, -0.05) is 12.8 Å². The average Bonchev–Trinajstić information content (AvgIpc) is 2.64. The lowest BCUT2D eigenvalue weighted by Gasteiger charge is -2.44. The first-order valence-electron chi connectivity index (χ1n) is 9.10. The molecular formula is C18H24N4O3. The van der Waals surface area contributed by atoms with Gasteiger partial charge in [-0.2, -0.15) is 5.26 Å². The predicted octanol–water partition coefficient (Wildman–Crippen LogP) is 1.08. The van der Waals surface area contributed by atoms with E-state index >= 15 is 0 Å². The van der Waals surface area contributed by atoms with Crippen LogP contribution in [0.5, 0.6) is 0 Å². The molecule has 0 spiro atoms. The van der Waals surface area contributed by atoms with Crippen LogP contribution in [-0.2, 0) is 17.9 Å². The summed E-state index contributed by atoms with van der Waals surface area (Å²) < 4.78 is 2.21. The lowest BCUT2D eigenvalue weighted by Crippen LogP contribution is -2.52. The van der Waals surface area contributed by atoms with Gasteiger partial charge in [-0.3, -0.25) is 14.2 Å². The van der Waals surface area contributed by atoms with Gasteiger partial charge in [0.15, 0.2) is 0 Å². The summed E-state index contributed by atoms with van der Waals surface area (Å²) in [6, 6.07) is 2.05. The topological polar surface area (TPSA) is 88.1 Å². The lowest BCUT2D eigenvalue weighted by atomic mass is 9.78. The van der Waals surface area contributed by atoms with Crippen LogP contribution in [0.4, 0.5) is 0 Å². The highest BCUT2D eigenvalue weighted by Gasteiger charge is 2.35. The van der Waals surface area contributed by atoms with Crippen LogP contribution in [0.2, 0.25) is 0 Å². The van der Waals surface area contributed by atoms with Crippen LogP contribution in [0.3, 0.4) is 0 Å². The Morgan fingerprint density at radius 3 is 2.68 bits per heavy atom. The van der Waals surface area contributed by atoms with Crippen LogP contribution in [0.15, 0.2) is 15.8 Å². The predicted molar refractivity (Wildman–Crippen MR) is 92.0 cm³/mol. The van der Waals surface area contributed by atoms with Crippen molar-refractivity contribution in [1.29, 1.82) is 5.26 Å². The van der Waals surface area contributed by atoms with Crippen molar-refractivity contribution in [2.45, 2.75) is 64.6 Å². The zero-order valence-electron chi connectivity index (χ0n) is 14.6. The van der Waals surface area contributed by atoms with Crippen LogP contribution in [0, 0.1) is 17.2 Å². The first-order valence-corrected chi connectivity index (χ1v) is 9.10. The molecule has 2 atom stereocenters. The molecule has 0 N–H and O–H groups in total. The van der Waals surface area contributed by atoms with Gasteiger partial charge in [0, 0.05) is 25.3 Å². The quantitative estimate of drug-likeness (QED) is 0.821. The van der Waals surface area contributed by atoms with E-state index in [9.17, 15) is 14.4 Å². The molecule has 2 fully saturated rings. The van der Waals surface area contributed by atoms with Crippen molar-refractivity contribution in [2.75, 3.05) is 6.54 Å². The Balaban J connectivity index is 1.89. The SMILES string of the molecule is CCn1cc(C#N)c(=O)n(CC(=O)N2CCC[C@H]3CCCC[C@@H]32)c1=O. The third-order valence-corrected chi connectivity index (χ3v) is 5.56. The van der Waals surface area contributed by atoms with E-state index in [1.165, 1.54) is 17.2 Å². The number of nitrogens with zero attached hydrogens (tertiary/aromatic N) is 4. The van der Waals surface area contributed by atoms with Gasteiger partial charge in [0.1, 0.15) is 18.2 Å². The summed E-state index contributed by atoms with van der Waals surface area (Å²) in [4.78, 5) is 39.5. The number of fused-ring (bicyclic) bond motifs is 1. The summed E-state index contributed by atoms with van der Waals surface area (Å²) in [5.41, 5.74) is -1.32. The molecule has 3 rings (SSSR count). The Labute approximate surface area is 146 Å². The Hall–Kier alpha value is -2.36. The van der Waals surface area contributed by atoms with E-state index in [-0.39, 0.29) is 24.1 Å². The molecule has 7 nitrogen and oxygen atoms in total. The zero-order valence-corrected chi connectivity index (χ0v) is 14.6. The van der Waals surface area contributed by atoms with Gasteiger partial charge in [-0.25, -0.2) is 9.36 Å². The van der Waals surface area contributed by atoms with Crippen LogP contribution < -0.4 is 11.2 Å². The molecule has 0 aromatic carbocycles. The summed E-state index contributed by atoms with van der Waals surface area (Å²) in [6.07, 6.45) is 7.89. The number of aromatic nitrogens is 2. The van der Waals surface area contributed by atoms with Crippen molar-refractivity contribution in [3.8, 4) is 6.07 Å². The molecule has 1 saturated carbocycles. The highest BCUT2D eigenvalue weighted by molar-refractivity contribution is 5.76. The minimum Gasteiger partial charge on any atom is -0.338 e. The first-order chi connectivity index (χ1) is 12.1. The molecule has 2 heterocycles. The molecule has 0 radical (unpaired) electrons. The molecule has 2 aliphatic rings. The second-order valence-electron chi connectivity index (χ2n) is 6.96. The van der Waals surface area contributed by atoms with Crippen LogP contribution in [0.1, 0.15) is 51.0 Å². The van der Waals surface area contributed by atoms with E-state index in [1.54, 1.807) is 6.92 Å². The molecular weight excluding hydrogens is 320 g/mol. The Kier molecular flexibility index (Phi) is 5.07. The summed E-state index contributed by atoms with van der Waals surface area (Å²) in [5.74, 6) is 0.356. The molecule has 1 aromatic rings. The maximum atomic E-state index is 12.9. The number of carbonyl (C=O) groups excluding carboxylic acids is 1. The largest absolute Gasteiger partial charge is 0.338 e. The third-order valence-electron chi connectivity index (χ3n) is 5.56. The number of carbonyl (C=O) groups is 1. The number of hydrogen-bond donors (Lipinski definition) is 0. The normalized spacial score (nSPS) is 23.0. The van der Waals surface area contributed by atoms with Gasteiger partial charge in [0.25, 0.3) is 5.56 Å². The average molecular weight is 344 g/mol. The molecule has 1 amide bonds. The van der Waals surface area contributed by atoms with Crippen molar-refractivity contribution >= 4 is 5.91 Å².